The van der Waals surface area contributed by atoms with E-state index in [2.05, 4.69) is 91.7 Å². The largest absolute Gasteiger partial charge is 0.400 e. The minimum atomic E-state index is -2.54. The highest BCUT2D eigenvalue weighted by Crippen LogP contribution is 2.38. The van der Waals surface area contributed by atoms with Gasteiger partial charge in [-0.1, -0.05) is 81.4 Å². The quantitative estimate of drug-likeness (QED) is 0.767. The summed E-state index contributed by atoms with van der Waals surface area (Å²) >= 11 is 0. The molecule has 156 valence electrons. The summed E-state index contributed by atoms with van der Waals surface area (Å²) < 4.78 is 13.3. The van der Waals surface area contributed by atoms with Gasteiger partial charge in [-0.15, -0.1) is 0 Å². The van der Waals surface area contributed by atoms with Crippen LogP contribution in [-0.4, -0.2) is 64.8 Å². The lowest BCUT2D eigenvalue weighted by atomic mass is 10.1. The van der Waals surface area contributed by atoms with E-state index in [4.69, 9.17) is 9.16 Å². The van der Waals surface area contributed by atoms with Crippen molar-refractivity contribution < 1.29 is 9.16 Å². The topological polar surface area (TPSA) is 33.7 Å². The first-order valence-corrected chi connectivity index (χ1v) is 12.7. The molecule has 2 aromatic rings. The fourth-order valence-corrected chi connectivity index (χ4v) is 9.60. The molecular weight excluding hydrogens is 376 g/mol. The molecule has 2 aromatic carbocycles. The van der Waals surface area contributed by atoms with E-state index in [1.165, 1.54) is 10.4 Å². The molecule has 0 aromatic heterocycles. The third-order valence-corrected chi connectivity index (χ3v) is 11.4. The Morgan fingerprint density at radius 3 is 1.97 bits per heavy atom. The van der Waals surface area contributed by atoms with Gasteiger partial charge in [0.25, 0.3) is 8.32 Å². The van der Waals surface area contributed by atoms with E-state index < -0.39 is 8.32 Å². The Morgan fingerprint density at radius 1 is 0.897 bits per heavy atom. The fourth-order valence-electron chi connectivity index (χ4n) is 4.91. The summed E-state index contributed by atoms with van der Waals surface area (Å²) in [5.74, 6) is 0. The van der Waals surface area contributed by atoms with Crippen molar-refractivity contribution in [3.63, 3.8) is 0 Å². The molecule has 0 aliphatic carbocycles. The zero-order valence-electron chi connectivity index (χ0n) is 17.9. The summed E-state index contributed by atoms with van der Waals surface area (Å²) in [6, 6.07) is 22.2. The fraction of sp³-hybridized carbons (Fsp3) is 0.500. The Kier molecular flexibility index (Phi) is 6.23. The maximum Gasteiger partial charge on any atom is 0.261 e. The van der Waals surface area contributed by atoms with Gasteiger partial charge >= 0.3 is 0 Å². The number of rotatable bonds is 5. The molecular formula is C24H34N2O2Si. The van der Waals surface area contributed by atoms with E-state index in [-0.39, 0.29) is 11.1 Å². The van der Waals surface area contributed by atoms with Crippen LogP contribution in [-0.2, 0) is 9.16 Å². The van der Waals surface area contributed by atoms with Crippen LogP contribution in [0.2, 0.25) is 5.04 Å². The molecule has 2 saturated heterocycles. The van der Waals surface area contributed by atoms with E-state index in [0.717, 1.165) is 32.8 Å². The maximum atomic E-state index is 7.35. The second kappa shape index (κ2) is 8.70. The molecule has 0 unspecified atom stereocenters. The molecule has 4 nitrogen and oxygen atoms in total. The Bertz CT molecular complexity index is 733. The minimum absolute atomic E-state index is 0.00764. The van der Waals surface area contributed by atoms with Gasteiger partial charge in [0.2, 0.25) is 0 Å². The number of nitrogens with one attached hydrogen (secondary N) is 1. The zero-order valence-corrected chi connectivity index (χ0v) is 18.9. The van der Waals surface area contributed by atoms with Crippen molar-refractivity contribution in [2.75, 3.05) is 39.4 Å². The maximum absolute atomic E-state index is 7.35. The standard InChI is InChI=1S/C24H34N2O2Si/c1-24(2,3)29(20-10-6-4-7-11-20,21-12-8-5-9-13-21)28-23-19-27-18-22(23)26-16-14-25-15-17-26/h4-13,22-23,25H,14-19H2,1-3H3/t22-,23+/m1/s1. The van der Waals surface area contributed by atoms with Crippen molar-refractivity contribution >= 4 is 18.7 Å². The van der Waals surface area contributed by atoms with E-state index in [9.17, 15) is 0 Å². The molecule has 2 fully saturated rings. The van der Waals surface area contributed by atoms with Crippen LogP contribution in [0.1, 0.15) is 20.8 Å². The van der Waals surface area contributed by atoms with Gasteiger partial charge in [0.05, 0.1) is 25.4 Å². The van der Waals surface area contributed by atoms with Crippen LogP contribution < -0.4 is 15.7 Å². The van der Waals surface area contributed by atoms with Crippen LogP contribution in [0.15, 0.2) is 60.7 Å². The van der Waals surface area contributed by atoms with Crippen LogP contribution in [0.25, 0.3) is 0 Å². The summed E-state index contributed by atoms with van der Waals surface area (Å²) in [4.78, 5) is 2.56. The molecule has 4 rings (SSSR count). The predicted molar refractivity (Wildman–Crippen MR) is 122 cm³/mol. The van der Waals surface area contributed by atoms with Crippen LogP contribution in [0.5, 0.6) is 0 Å². The third kappa shape index (κ3) is 4.07. The number of benzene rings is 2. The first-order valence-electron chi connectivity index (χ1n) is 10.8. The van der Waals surface area contributed by atoms with Gasteiger partial charge in [0.1, 0.15) is 0 Å². The van der Waals surface area contributed by atoms with E-state index in [1.807, 2.05) is 0 Å². The molecule has 0 saturated carbocycles. The van der Waals surface area contributed by atoms with E-state index >= 15 is 0 Å². The number of piperazine rings is 1. The van der Waals surface area contributed by atoms with Gasteiger partial charge in [0, 0.05) is 26.2 Å². The highest BCUT2D eigenvalue weighted by atomic mass is 28.4. The highest BCUT2D eigenvalue weighted by Gasteiger charge is 2.53. The van der Waals surface area contributed by atoms with Crippen LogP contribution in [0.4, 0.5) is 0 Å². The third-order valence-electron chi connectivity index (χ3n) is 6.37. The summed E-state index contributed by atoms with van der Waals surface area (Å²) in [5, 5.41) is 6.13. The molecule has 1 N–H and O–H groups in total. The Balaban J connectivity index is 1.76. The average molecular weight is 411 g/mol. The monoisotopic (exact) mass is 410 g/mol. The Labute approximate surface area is 176 Å². The van der Waals surface area contributed by atoms with Crippen molar-refractivity contribution in [3.8, 4) is 0 Å². The molecule has 0 radical (unpaired) electrons. The lowest BCUT2D eigenvalue weighted by Gasteiger charge is -2.46. The first kappa shape index (κ1) is 20.8. The van der Waals surface area contributed by atoms with Crippen LogP contribution in [0.3, 0.4) is 0 Å². The molecule has 0 amide bonds. The van der Waals surface area contributed by atoms with Crippen molar-refractivity contribution in [2.45, 2.75) is 38.0 Å². The summed E-state index contributed by atoms with van der Waals surface area (Å²) in [6.45, 7) is 12.7. The van der Waals surface area contributed by atoms with Crippen molar-refractivity contribution in [2.24, 2.45) is 0 Å². The summed E-state index contributed by atoms with van der Waals surface area (Å²) in [5.41, 5.74) is 0. The molecule has 0 bridgehead atoms. The van der Waals surface area contributed by atoms with Gasteiger partial charge in [-0.3, -0.25) is 4.90 Å². The number of hydrogen-bond donors (Lipinski definition) is 1. The second-order valence-corrected chi connectivity index (χ2v) is 13.5. The molecule has 2 aliphatic rings. The second-order valence-electron chi connectivity index (χ2n) is 9.21. The molecule has 5 heteroatoms. The first-order chi connectivity index (χ1) is 14.0. The molecule has 0 spiro atoms. The van der Waals surface area contributed by atoms with Crippen LogP contribution in [0, 0.1) is 0 Å². The minimum Gasteiger partial charge on any atom is -0.400 e. The number of nitrogens with zero attached hydrogens (tertiary/aromatic N) is 1. The highest BCUT2D eigenvalue weighted by molar-refractivity contribution is 6.99. The molecule has 2 atom stereocenters. The lowest BCUT2D eigenvalue weighted by Crippen LogP contribution is -2.69. The molecule has 2 heterocycles. The molecule has 2 aliphatic heterocycles. The van der Waals surface area contributed by atoms with Gasteiger partial charge in [0.15, 0.2) is 0 Å². The Hall–Kier alpha value is -1.50. The van der Waals surface area contributed by atoms with Gasteiger partial charge in [-0.2, -0.15) is 0 Å². The lowest BCUT2D eigenvalue weighted by molar-refractivity contribution is 0.0839. The van der Waals surface area contributed by atoms with E-state index in [0.29, 0.717) is 12.6 Å². The van der Waals surface area contributed by atoms with Gasteiger partial charge < -0.3 is 14.5 Å². The van der Waals surface area contributed by atoms with Crippen molar-refractivity contribution in [1.29, 1.82) is 0 Å². The smallest absolute Gasteiger partial charge is 0.261 e. The van der Waals surface area contributed by atoms with Gasteiger partial charge in [-0.05, 0) is 15.4 Å². The normalized spacial score (nSPS) is 24.0. The van der Waals surface area contributed by atoms with Crippen molar-refractivity contribution in [3.05, 3.63) is 60.7 Å². The SMILES string of the molecule is CC(C)(C)[Si](O[C@H]1COC[C@H]1N1CCNCC1)(c1ccccc1)c1ccccc1. The van der Waals surface area contributed by atoms with Gasteiger partial charge in [-0.25, -0.2) is 0 Å². The summed E-state index contributed by atoms with van der Waals surface area (Å²) in [6.07, 6.45) is 0.0967. The van der Waals surface area contributed by atoms with Crippen LogP contribution >= 0.6 is 0 Å². The average Bonchev–Trinajstić information content (AvgIpc) is 3.21. The van der Waals surface area contributed by atoms with Crippen molar-refractivity contribution in [1.82, 2.24) is 10.2 Å². The Morgan fingerprint density at radius 2 is 1.45 bits per heavy atom. The zero-order chi connectivity index (χ0) is 20.3. The number of hydrogen-bond acceptors (Lipinski definition) is 4. The predicted octanol–water partition coefficient (Wildman–Crippen LogP) is 2.24. The molecule has 29 heavy (non-hydrogen) atoms. The number of ether oxygens (including phenoxy) is 1. The van der Waals surface area contributed by atoms with E-state index in [1.54, 1.807) is 0 Å². The summed E-state index contributed by atoms with van der Waals surface area (Å²) in [7, 11) is -2.54.